The average molecular weight is 328 g/mol. The maximum Gasteiger partial charge on any atom is 0.258 e. The predicted octanol–water partition coefficient (Wildman–Crippen LogP) is 2.99. The lowest BCUT2D eigenvalue weighted by atomic mass is 10.0. The summed E-state index contributed by atoms with van der Waals surface area (Å²) in [6.45, 7) is 7.98. The van der Waals surface area contributed by atoms with Crippen molar-refractivity contribution in [2.24, 2.45) is 0 Å². The van der Waals surface area contributed by atoms with Gasteiger partial charge in [-0.25, -0.2) is 4.98 Å². The Hall–Kier alpha value is -2.63. The molecule has 1 aromatic heterocycles. The molecule has 0 bridgehead atoms. The van der Waals surface area contributed by atoms with Crippen molar-refractivity contribution in [1.29, 1.82) is 0 Å². The zero-order chi connectivity index (χ0) is 17.9. The molecule has 0 aliphatic rings. The maximum atomic E-state index is 13.2. The second kappa shape index (κ2) is 7.29. The molecule has 0 spiro atoms. The molecular weight excluding hydrogens is 304 g/mol. The lowest BCUT2D eigenvalue weighted by Crippen LogP contribution is -2.42. The summed E-state index contributed by atoms with van der Waals surface area (Å²) in [7, 11) is 1.56. The van der Waals surface area contributed by atoms with Crippen molar-refractivity contribution >= 4 is 11.7 Å². The number of benzene rings is 1. The van der Waals surface area contributed by atoms with E-state index >= 15 is 0 Å². The second-order valence-corrected chi connectivity index (χ2v) is 6.11. The van der Waals surface area contributed by atoms with Crippen molar-refractivity contribution in [2.45, 2.75) is 39.8 Å². The van der Waals surface area contributed by atoms with Crippen molar-refractivity contribution in [3.8, 4) is 17.0 Å². The van der Waals surface area contributed by atoms with Gasteiger partial charge in [-0.2, -0.15) is 0 Å². The Morgan fingerprint density at radius 2 is 1.79 bits per heavy atom. The van der Waals surface area contributed by atoms with Gasteiger partial charge in [0.2, 0.25) is 0 Å². The van der Waals surface area contributed by atoms with Gasteiger partial charge >= 0.3 is 0 Å². The van der Waals surface area contributed by atoms with Crippen LogP contribution in [0.2, 0.25) is 0 Å². The monoisotopic (exact) mass is 328 g/mol. The smallest absolute Gasteiger partial charge is 0.258 e. The number of nitrogen functional groups attached to an aromatic ring is 1. The zero-order valence-electron chi connectivity index (χ0n) is 14.8. The van der Waals surface area contributed by atoms with E-state index in [1.165, 1.54) is 6.20 Å². The Balaban J connectivity index is 2.63. The first-order valence-corrected chi connectivity index (χ1v) is 7.94. The summed E-state index contributed by atoms with van der Waals surface area (Å²) in [5, 5.41) is 0. The number of carbonyl (C=O) groups is 1. The Labute approximate surface area is 142 Å². The van der Waals surface area contributed by atoms with Gasteiger partial charge in [0.25, 0.3) is 5.91 Å². The number of nitrogens with zero attached hydrogens (tertiary/aromatic N) is 3. The van der Waals surface area contributed by atoms with Crippen LogP contribution in [0.25, 0.3) is 11.3 Å². The molecule has 2 aromatic rings. The van der Waals surface area contributed by atoms with Gasteiger partial charge in [0, 0.05) is 17.6 Å². The van der Waals surface area contributed by atoms with Gasteiger partial charge in [0.05, 0.1) is 30.8 Å². The Morgan fingerprint density at radius 1 is 1.12 bits per heavy atom. The van der Waals surface area contributed by atoms with Crippen molar-refractivity contribution < 1.29 is 9.53 Å². The van der Waals surface area contributed by atoms with Crippen LogP contribution in [0.3, 0.4) is 0 Å². The fourth-order valence-corrected chi connectivity index (χ4v) is 2.81. The van der Waals surface area contributed by atoms with Gasteiger partial charge < -0.3 is 15.4 Å². The van der Waals surface area contributed by atoms with Crippen LogP contribution in [0.1, 0.15) is 38.1 Å². The van der Waals surface area contributed by atoms with Crippen molar-refractivity contribution in [3.63, 3.8) is 0 Å². The molecule has 128 valence electrons. The number of amides is 1. The number of rotatable bonds is 5. The van der Waals surface area contributed by atoms with E-state index in [2.05, 4.69) is 9.97 Å². The molecule has 0 aliphatic carbocycles. The van der Waals surface area contributed by atoms with Crippen LogP contribution in [0.4, 0.5) is 5.82 Å². The molecule has 0 saturated heterocycles. The van der Waals surface area contributed by atoms with Crippen molar-refractivity contribution in [3.05, 3.63) is 36.2 Å². The lowest BCUT2D eigenvalue weighted by Gasteiger charge is -2.32. The van der Waals surface area contributed by atoms with E-state index in [4.69, 9.17) is 10.5 Å². The highest BCUT2D eigenvalue weighted by Gasteiger charge is 2.27. The van der Waals surface area contributed by atoms with E-state index in [0.717, 1.165) is 0 Å². The summed E-state index contributed by atoms with van der Waals surface area (Å²) in [6.07, 6.45) is 3.04. The number of aromatic nitrogens is 2. The fourth-order valence-electron chi connectivity index (χ4n) is 2.81. The molecule has 6 nitrogen and oxygen atoms in total. The van der Waals surface area contributed by atoms with E-state index in [9.17, 15) is 4.79 Å². The topological polar surface area (TPSA) is 81.3 Å². The third-order valence-corrected chi connectivity index (χ3v) is 3.75. The van der Waals surface area contributed by atoms with Gasteiger partial charge in [-0.1, -0.05) is 12.1 Å². The fraction of sp³-hybridized carbons (Fsp3) is 0.389. The maximum absolute atomic E-state index is 13.2. The van der Waals surface area contributed by atoms with E-state index in [0.29, 0.717) is 28.4 Å². The summed E-state index contributed by atoms with van der Waals surface area (Å²) in [4.78, 5) is 23.4. The van der Waals surface area contributed by atoms with Crippen LogP contribution in [-0.2, 0) is 0 Å². The van der Waals surface area contributed by atoms with Gasteiger partial charge in [-0.3, -0.25) is 9.78 Å². The molecule has 2 N–H and O–H groups in total. The normalized spacial score (nSPS) is 11.0. The molecule has 1 aromatic carbocycles. The number of nitrogens with two attached hydrogens (primary N) is 1. The third kappa shape index (κ3) is 3.48. The van der Waals surface area contributed by atoms with Crippen LogP contribution >= 0.6 is 0 Å². The molecule has 0 saturated carbocycles. The largest absolute Gasteiger partial charge is 0.496 e. The number of ether oxygens (including phenoxy) is 1. The highest BCUT2D eigenvalue weighted by Crippen LogP contribution is 2.31. The van der Waals surface area contributed by atoms with E-state index < -0.39 is 0 Å². The minimum atomic E-state index is -0.0916. The Kier molecular flexibility index (Phi) is 5.39. The standard InChI is InChI=1S/C18H24N4O2/c1-11(2)22(12(3)4)18(23)17-13(7-6-8-15(17)24-5)14-9-21-16(19)10-20-14/h6-12H,1-5H3,(H2,19,21). The van der Waals surface area contributed by atoms with Crippen LogP contribution in [0, 0.1) is 0 Å². The molecule has 24 heavy (non-hydrogen) atoms. The summed E-state index contributed by atoms with van der Waals surface area (Å²) in [5.74, 6) is 0.758. The van der Waals surface area contributed by atoms with Gasteiger partial charge in [0.1, 0.15) is 11.6 Å². The quantitative estimate of drug-likeness (QED) is 0.912. The number of carbonyl (C=O) groups excluding carboxylic acids is 1. The highest BCUT2D eigenvalue weighted by molar-refractivity contribution is 6.03. The molecule has 0 unspecified atom stereocenters. The summed E-state index contributed by atoms with van der Waals surface area (Å²) >= 11 is 0. The molecule has 1 amide bonds. The summed E-state index contributed by atoms with van der Waals surface area (Å²) in [6, 6.07) is 5.58. The first kappa shape index (κ1) is 17.7. The van der Waals surface area contributed by atoms with Crippen molar-refractivity contribution in [1.82, 2.24) is 14.9 Å². The summed E-state index contributed by atoms with van der Waals surface area (Å²) in [5.41, 5.74) is 7.36. The number of hydrogen-bond donors (Lipinski definition) is 1. The highest BCUT2D eigenvalue weighted by atomic mass is 16.5. The van der Waals surface area contributed by atoms with Crippen LogP contribution < -0.4 is 10.5 Å². The van der Waals surface area contributed by atoms with E-state index in [-0.39, 0.29) is 18.0 Å². The Bertz CT molecular complexity index is 703. The Morgan fingerprint density at radius 3 is 2.29 bits per heavy atom. The molecule has 0 aliphatic heterocycles. The minimum absolute atomic E-state index is 0.0627. The molecule has 0 fully saturated rings. The first-order chi connectivity index (χ1) is 11.4. The molecule has 1 heterocycles. The first-order valence-electron chi connectivity index (χ1n) is 7.94. The van der Waals surface area contributed by atoms with Crippen molar-refractivity contribution in [2.75, 3.05) is 12.8 Å². The van der Waals surface area contributed by atoms with Gasteiger partial charge in [-0.15, -0.1) is 0 Å². The zero-order valence-corrected chi connectivity index (χ0v) is 14.8. The third-order valence-electron chi connectivity index (χ3n) is 3.75. The van der Waals surface area contributed by atoms with Crippen LogP contribution in [0.5, 0.6) is 5.75 Å². The number of anilines is 1. The van der Waals surface area contributed by atoms with Gasteiger partial charge in [-0.05, 0) is 33.8 Å². The second-order valence-electron chi connectivity index (χ2n) is 6.11. The van der Waals surface area contributed by atoms with E-state index in [1.54, 1.807) is 19.4 Å². The molecule has 0 atom stereocenters. The lowest BCUT2D eigenvalue weighted by molar-refractivity contribution is 0.0641. The van der Waals surface area contributed by atoms with Gasteiger partial charge in [0.15, 0.2) is 0 Å². The minimum Gasteiger partial charge on any atom is -0.496 e. The van der Waals surface area contributed by atoms with Crippen LogP contribution in [-0.4, -0.2) is 40.0 Å². The summed E-state index contributed by atoms with van der Waals surface area (Å²) < 4.78 is 5.44. The van der Waals surface area contributed by atoms with E-state index in [1.807, 2.05) is 44.7 Å². The molecule has 6 heteroatoms. The number of hydrogen-bond acceptors (Lipinski definition) is 5. The SMILES string of the molecule is COc1cccc(-c2cnc(N)cn2)c1C(=O)N(C(C)C)C(C)C. The molecule has 2 rings (SSSR count). The average Bonchev–Trinajstić information content (AvgIpc) is 2.54. The molecule has 0 radical (unpaired) electrons. The molecular formula is C18H24N4O2. The van der Waals surface area contributed by atoms with Crippen LogP contribution in [0.15, 0.2) is 30.6 Å². The predicted molar refractivity (Wildman–Crippen MR) is 94.9 cm³/mol. The number of methoxy groups -OCH3 is 1.